The SMILES string of the molecule is Cc1ccc2c(c1)c1cc(-c3ccc4c(c3)c3ccccc3n4-c3ccccc3)ccc1n2-c1ccc(-c2cccc(-c3ccccc3)c2)cc1. The summed E-state index contributed by atoms with van der Waals surface area (Å²) in [5.41, 5.74) is 15.8. The Morgan fingerprint density at radius 3 is 1.37 bits per heavy atom. The van der Waals surface area contributed by atoms with Crippen molar-refractivity contribution in [2.45, 2.75) is 6.92 Å². The van der Waals surface area contributed by atoms with Gasteiger partial charge in [-0.15, -0.1) is 0 Å². The van der Waals surface area contributed by atoms with Crippen LogP contribution in [-0.2, 0) is 0 Å². The van der Waals surface area contributed by atoms with Gasteiger partial charge in [-0.3, -0.25) is 0 Å². The fourth-order valence-electron chi connectivity index (χ4n) is 7.91. The highest BCUT2D eigenvalue weighted by Gasteiger charge is 2.16. The zero-order valence-electron chi connectivity index (χ0n) is 28.3. The molecule has 2 nitrogen and oxygen atoms in total. The maximum Gasteiger partial charge on any atom is 0.0541 e. The quantitative estimate of drug-likeness (QED) is 0.175. The third-order valence-electron chi connectivity index (χ3n) is 10.4. The van der Waals surface area contributed by atoms with Gasteiger partial charge in [0.15, 0.2) is 0 Å². The number of aryl methyl sites for hydroxylation is 1. The third kappa shape index (κ3) is 4.87. The van der Waals surface area contributed by atoms with Crippen LogP contribution in [0.25, 0.3) is 88.4 Å². The second kappa shape index (κ2) is 11.8. The Hall–Kier alpha value is -6.64. The van der Waals surface area contributed by atoms with Gasteiger partial charge in [0, 0.05) is 32.9 Å². The van der Waals surface area contributed by atoms with Crippen molar-refractivity contribution in [2.75, 3.05) is 0 Å². The van der Waals surface area contributed by atoms with Gasteiger partial charge in [0.25, 0.3) is 0 Å². The average molecular weight is 651 g/mol. The number of nitrogens with zero attached hydrogens (tertiary/aromatic N) is 2. The topological polar surface area (TPSA) is 9.86 Å². The Bertz CT molecular complexity index is 2890. The molecule has 0 radical (unpaired) electrons. The molecule has 51 heavy (non-hydrogen) atoms. The second-order valence-corrected chi connectivity index (χ2v) is 13.5. The predicted octanol–water partition coefficient (Wildman–Crippen LogP) is 13.2. The Kier molecular flexibility index (Phi) is 6.75. The van der Waals surface area contributed by atoms with E-state index in [-0.39, 0.29) is 0 Å². The van der Waals surface area contributed by atoms with Crippen LogP contribution in [0.15, 0.2) is 188 Å². The molecule has 0 saturated carbocycles. The number of rotatable bonds is 5. The first-order chi connectivity index (χ1) is 25.2. The lowest BCUT2D eigenvalue weighted by Crippen LogP contribution is -1.94. The number of hydrogen-bond donors (Lipinski definition) is 0. The van der Waals surface area contributed by atoms with Gasteiger partial charge in [0.1, 0.15) is 0 Å². The Morgan fingerprint density at radius 2 is 0.706 bits per heavy atom. The molecule has 8 aromatic carbocycles. The molecule has 0 spiro atoms. The van der Waals surface area contributed by atoms with Crippen LogP contribution in [0.4, 0.5) is 0 Å². The van der Waals surface area contributed by atoms with E-state index in [9.17, 15) is 0 Å². The molecule has 2 heteroatoms. The van der Waals surface area contributed by atoms with Crippen molar-refractivity contribution >= 4 is 43.6 Å². The Balaban J connectivity index is 1.08. The minimum absolute atomic E-state index is 1.16. The van der Waals surface area contributed by atoms with Crippen LogP contribution in [0.5, 0.6) is 0 Å². The minimum Gasteiger partial charge on any atom is -0.309 e. The lowest BCUT2D eigenvalue weighted by molar-refractivity contribution is 1.18. The number of aromatic nitrogens is 2. The lowest BCUT2D eigenvalue weighted by atomic mass is 9.99. The Morgan fingerprint density at radius 1 is 0.275 bits per heavy atom. The molecule has 2 aromatic heterocycles. The van der Waals surface area contributed by atoms with Crippen molar-refractivity contribution in [3.8, 4) is 44.8 Å². The number of benzene rings is 8. The maximum absolute atomic E-state index is 2.41. The van der Waals surface area contributed by atoms with Crippen molar-refractivity contribution < 1.29 is 0 Å². The molecule has 0 amide bonds. The first-order valence-corrected chi connectivity index (χ1v) is 17.6. The molecule has 0 bridgehead atoms. The minimum atomic E-state index is 1.16. The molecule has 0 unspecified atom stereocenters. The van der Waals surface area contributed by atoms with E-state index in [2.05, 4.69) is 204 Å². The molecule has 10 aromatic rings. The number of para-hydroxylation sites is 2. The van der Waals surface area contributed by atoms with E-state index >= 15 is 0 Å². The molecule has 0 fully saturated rings. The molecular formula is C49H34N2. The van der Waals surface area contributed by atoms with E-state index in [0.717, 1.165) is 5.69 Å². The molecule has 240 valence electrons. The first-order valence-electron chi connectivity index (χ1n) is 17.6. The highest BCUT2D eigenvalue weighted by atomic mass is 15.0. The van der Waals surface area contributed by atoms with Gasteiger partial charge in [-0.1, -0.05) is 121 Å². The van der Waals surface area contributed by atoms with E-state index < -0.39 is 0 Å². The summed E-state index contributed by atoms with van der Waals surface area (Å²) >= 11 is 0. The van der Waals surface area contributed by atoms with Crippen LogP contribution in [0.1, 0.15) is 5.56 Å². The van der Waals surface area contributed by atoms with Gasteiger partial charge in [-0.05, 0) is 113 Å². The summed E-state index contributed by atoms with van der Waals surface area (Å²) in [7, 11) is 0. The monoisotopic (exact) mass is 650 g/mol. The summed E-state index contributed by atoms with van der Waals surface area (Å²) in [5, 5.41) is 5.06. The van der Waals surface area contributed by atoms with E-state index in [1.54, 1.807) is 0 Å². The van der Waals surface area contributed by atoms with Crippen LogP contribution in [0.3, 0.4) is 0 Å². The van der Waals surface area contributed by atoms with Crippen molar-refractivity contribution in [3.63, 3.8) is 0 Å². The van der Waals surface area contributed by atoms with Gasteiger partial charge >= 0.3 is 0 Å². The van der Waals surface area contributed by atoms with Crippen molar-refractivity contribution in [3.05, 3.63) is 194 Å². The smallest absolute Gasteiger partial charge is 0.0541 e. The van der Waals surface area contributed by atoms with Crippen LogP contribution in [0, 0.1) is 6.92 Å². The molecule has 0 atom stereocenters. The predicted molar refractivity (Wildman–Crippen MR) is 216 cm³/mol. The van der Waals surface area contributed by atoms with Crippen molar-refractivity contribution in [1.82, 2.24) is 9.13 Å². The van der Waals surface area contributed by atoms with Crippen LogP contribution in [0.2, 0.25) is 0 Å². The van der Waals surface area contributed by atoms with Gasteiger partial charge in [0.2, 0.25) is 0 Å². The van der Waals surface area contributed by atoms with Gasteiger partial charge < -0.3 is 9.13 Å². The molecule has 2 heterocycles. The standard InChI is InChI=1S/C49H34N2/c1-33-19-26-47-43(29-33)45-32-39(38-22-27-48-44(31-38)42-17-8-9-18-46(42)50(48)40-15-6-3-7-16-40)23-28-49(45)51(47)41-24-20-35(21-25-41)37-14-10-13-36(30-37)34-11-4-2-5-12-34/h2-32H,1H3. The summed E-state index contributed by atoms with van der Waals surface area (Å²) in [5.74, 6) is 0. The van der Waals surface area contributed by atoms with Crippen LogP contribution < -0.4 is 0 Å². The zero-order valence-corrected chi connectivity index (χ0v) is 28.3. The number of hydrogen-bond acceptors (Lipinski definition) is 0. The first kappa shape index (κ1) is 29.3. The van der Waals surface area contributed by atoms with E-state index in [1.165, 1.54) is 88.2 Å². The summed E-state index contributed by atoms with van der Waals surface area (Å²) in [4.78, 5) is 0. The molecule has 0 aliphatic rings. The summed E-state index contributed by atoms with van der Waals surface area (Å²) in [6, 6.07) is 68.5. The number of fused-ring (bicyclic) bond motifs is 6. The second-order valence-electron chi connectivity index (χ2n) is 13.5. The molecule has 0 aliphatic carbocycles. The summed E-state index contributed by atoms with van der Waals surface area (Å²) < 4.78 is 4.79. The average Bonchev–Trinajstić information content (AvgIpc) is 3.70. The third-order valence-corrected chi connectivity index (χ3v) is 10.4. The van der Waals surface area contributed by atoms with Gasteiger partial charge in [-0.2, -0.15) is 0 Å². The fourth-order valence-corrected chi connectivity index (χ4v) is 7.91. The summed E-state index contributed by atoms with van der Waals surface area (Å²) in [6.45, 7) is 2.18. The molecule has 0 aliphatic heterocycles. The zero-order chi connectivity index (χ0) is 33.9. The normalized spacial score (nSPS) is 11.6. The highest BCUT2D eigenvalue weighted by molar-refractivity contribution is 6.12. The molecule has 0 saturated heterocycles. The fraction of sp³-hybridized carbons (Fsp3) is 0.0204. The van der Waals surface area contributed by atoms with E-state index in [1.807, 2.05) is 0 Å². The molecular weight excluding hydrogens is 617 g/mol. The van der Waals surface area contributed by atoms with E-state index in [0.29, 0.717) is 0 Å². The highest BCUT2D eigenvalue weighted by Crippen LogP contribution is 2.39. The van der Waals surface area contributed by atoms with Crippen LogP contribution >= 0.6 is 0 Å². The van der Waals surface area contributed by atoms with Gasteiger partial charge in [0.05, 0.1) is 22.1 Å². The Labute approximate surface area is 297 Å². The largest absolute Gasteiger partial charge is 0.309 e. The lowest BCUT2D eigenvalue weighted by Gasteiger charge is -2.11. The summed E-state index contributed by atoms with van der Waals surface area (Å²) in [6.07, 6.45) is 0. The van der Waals surface area contributed by atoms with E-state index in [4.69, 9.17) is 0 Å². The molecule has 10 rings (SSSR count). The van der Waals surface area contributed by atoms with Crippen LogP contribution in [-0.4, -0.2) is 9.13 Å². The van der Waals surface area contributed by atoms with Crippen molar-refractivity contribution in [1.29, 1.82) is 0 Å². The maximum atomic E-state index is 2.41. The molecule has 0 N–H and O–H groups in total. The van der Waals surface area contributed by atoms with Gasteiger partial charge in [-0.25, -0.2) is 0 Å². The van der Waals surface area contributed by atoms with Crippen molar-refractivity contribution in [2.24, 2.45) is 0 Å².